The van der Waals surface area contributed by atoms with Crippen LogP contribution in [0.3, 0.4) is 0 Å². The van der Waals surface area contributed by atoms with Crippen molar-refractivity contribution in [1.82, 2.24) is 10.2 Å². The number of anilines is 1. The van der Waals surface area contributed by atoms with E-state index >= 15 is 0 Å². The maximum Gasteiger partial charge on any atom is 0.294 e. The summed E-state index contributed by atoms with van der Waals surface area (Å²) in [6.07, 6.45) is 0.241. The van der Waals surface area contributed by atoms with Crippen molar-refractivity contribution < 1.29 is 46.4 Å². The molecule has 2 aliphatic heterocycles. The summed E-state index contributed by atoms with van der Waals surface area (Å²) in [6.45, 7) is 1.71. The van der Waals surface area contributed by atoms with Crippen molar-refractivity contribution >= 4 is 45.3 Å². The summed E-state index contributed by atoms with van der Waals surface area (Å²) in [5.41, 5.74) is 1.32. The van der Waals surface area contributed by atoms with E-state index in [0.717, 1.165) is 10.5 Å². The molecule has 212 valence electrons. The van der Waals surface area contributed by atoms with Gasteiger partial charge in [-0.2, -0.15) is 8.42 Å². The minimum absolute atomic E-state index is 0.00795. The Kier molecular flexibility index (Phi) is 8.73. The number of imide groups is 2. The van der Waals surface area contributed by atoms with Crippen LogP contribution in [0.25, 0.3) is 0 Å². The standard InChI is InChI=1S/C26H27N3O10S/c1-15-5-7-20(40(35,36)37)16(13-15)9-10-38-11-12-39-14-22(31)27-18-4-2-3-17-23(18)26(34)29(25(17)33)19-6-8-21(30)28-24(19)32/h2-5,7,13,19H,6,8-12,14H2,1H3,(H,27,31)(H,28,30,32)(H,35,36,37). The van der Waals surface area contributed by atoms with Crippen molar-refractivity contribution in [1.29, 1.82) is 0 Å². The van der Waals surface area contributed by atoms with E-state index in [2.05, 4.69) is 10.6 Å². The van der Waals surface area contributed by atoms with E-state index in [1.165, 1.54) is 24.3 Å². The highest BCUT2D eigenvalue weighted by Crippen LogP contribution is 2.32. The number of rotatable bonds is 11. The molecule has 0 radical (unpaired) electrons. The first kappa shape index (κ1) is 29.0. The molecular weight excluding hydrogens is 546 g/mol. The molecule has 13 nitrogen and oxygen atoms in total. The molecule has 0 aliphatic carbocycles. The summed E-state index contributed by atoms with van der Waals surface area (Å²) in [7, 11) is -4.36. The van der Waals surface area contributed by atoms with Crippen LogP contribution in [0.2, 0.25) is 0 Å². The predicted octanol–water partition coefficient (Wildman–Crippen LogP) is 0.857. The van der Waals surface area contributed by atoms with Crippen molar-refractivity contribution in [3.8, 4) is 0 Å². The Morgan fingerprint density at radius 3 is 2.55 bits per heavy atom. The van der Waals surface area contributed by atoms with E-state index in [1.54, 1.807) is 19.1 Å². The van der Waals surface area contributed by atoms with Gasteiger partial charge in [0, 0.05) is 6.42 Å². The summed E-state index contributed by atoms with van der Waals surface area (Å²) >= 11 is 0. The van der Waals surface area contributed by atoms with Gasteiger partial charge in [-0.1, -0.05) is 23.8 Å². The number of piperidine rings is 1. The van der Waals surface area contributed by atoms with E-state index in [4.69, 9.17) is 9.47 Å². The Balaban J connectivity index is 1.25. The predicted molar refractivity (Wildman–Crippen MR) is 138 cm³/mol. The Morgan fingerprint density at radius 2 is 1.82 bits per heavy atom. The molecule has 1 saturated heterocycles. The minimum atomic E-state index is -4.36. The van der Waals surface area contributed by atoms with Crippen LogP contribution in [0.1, 0.15) is 44.7 Å². The largest absolute Gasteiger partial charge is 0.379 e. The van der Waals surface area contributed by atoms with Gasteiger partial charge in [0.1, 0.15) is 12.6 Å². The molecule has 0 spiro atoms. The molecular formula is C26H27N3O10S. The summed E-state index contributed by atoms with van der Waals surface area (Å²) in [5.74, 6) is -3.23. The zero-order chi connectivity index (χ0) is 29.0. The first-order chi connectivity index (χ1) is 19.0. The monoisotopic (exact) mass is 573 g/mol. The Hall–Kier alpha value is -3.98. The van der Waals surface area contributed by atoms with Gasteiger partial charge < -0.3 is 14.8 Å². The molecule has 14 heteroatoms. The van der Waals surface area contributed by atoms with Gasteiger partial charge in [-0.3, -0.25) is 38.7 Å². The van der Waals surface area contributed by atoms with Crippen molar-refractivity contribution in [2.75, 3.05) is 31.7 Å². The van der Waals surface area contributed by atoms with Crippen molar-refractivity contribution in [3.05, 3.63) is 58.7 Å². The molecule has 0 bridgehead atoms. The lowest BCUT2D eigenvalue weighted by molar-refractivity contribution is -0.136. The fourth-order valence-electron chi connectivity index (χ4n) is 4.53. The second-order valence-corrected chi connectivity index (χ2v) is 10.6. The van der Waals surface area contributed by atoms with Crippen LogP contribution in [-0.4, -0.2) is 79.9 Å². The summed E-state index contributed by atoms with van der Waals surface area (Å²) in [5, 5.41) is 4.67. The van der Waals surface area contributed by atoms with Gasteiger partial charge in [0.25, 0.3) is 21.9 Å². The molecule has 5 amide bonds. The Morgan fingerprint density at radius 1 is 1.07 bits per heavy atom. The smallest absolute Gasteiger partial charge is 0.294 e. The number of hydrogen-bond acceptors (Lipinski definition) is 9. The molecule has 0 saturated carbocycles. The van der Waals surface area contributed by atoms with Crippen LogP contribution in [0.4, 0.5) is 5.69 Å². The highest BCUT2D eigenvalue weighted by Gasteiger charge is 2.45. The van der Waals surface area contributed by atoms with Gasteiger partial charge in [-0.05, 0) is 43.5 Å². The van der Waals surface area contributed by atoms with E-state index in [9.17, 15) is 36.9 Å². The SMILES string of the molecule is Cc1ccc(S(=O)(=O)O)c(CCOCCOCC(=O)Nc2cccc3c2C(=O)N(C2CCC(=O)NC2=O)C3=O)c1. The number of carbonyl (C=O) groups excluding carboxylic acids is 5. The number of ether oxygens (including phenoxy) is 2. The highest BCUT2D eigenvalue weighted by atomic mass is 32.2. The molecule has 40 heavy (non-hydrogen) atoms. The third-order valence-corrected chi connectivity index (χ3v) is 7.31. The van der Waals surface area contributed by atoms with E-state index < -0.39 is 45.7 Å². The Labute approximate surface area is 229 Å². The lowest BCUT2D eigenvalue weighted by Gasteiger charge is -2.27. The molecule has 2 aromatic carbocycles. The summed E-state index contributed by atoms with van der Waals surface area (Å²) in [4.78, 5) is 62.7. The van der Waals surface area contributed by atoms with Crippen molar-refractivity contribution in [2.24, 2.45) is 0 Å². The van der Waals surface area contributed by atoms with E-state index in [0.29, 0.717) is 5.56 Å². The van der Waals surface area contributed by atoms with Crippen LogP contribution < -0.4 is 10.6 Å². The van der Waals surface area contributed by atoms with Gasteiger partial charge in [0.2, 0.25) is 17.7 Å². The number of fused-ring (bicyclic) bond motifs is 1. The molecule has 2 aliphatic rings. The molecule has 2 aromatic rings. The van der Waals surface area contributed by atoms with Crippen LogP contribution in [0.5, 0.6) is 0 Å². The number of carbonyl (C=O) groups is 5. The minimum Gasteiger partial charge on any atom is -0.379 e. The van der Waals surface area contributed by atoms with Gasteiger partial charge in [-0.25, -0.2) is 0 Å². The third-order valence-electron chi connectivity index (χ3n) is 6.36. The first-order valence-corrected chi connectivity index (χ1v) is 13.8. The number of benzene rings is 2. The second-order valence-electron chi connectivity index (χ2n) is 9.22. The lowest BCUT2D eigenvalue weighted by Crippen LogP contribution is -2.54. The summed E-state index contributed by atoms with van der Waals surface area (Å²) < 4.78 is 43.2. The van der Waals surface area contributed by atoms with Crippen LogP contribution in [0, 0.1) is 6.92 Å². The normalized spacial score (nSPS) is 17.1. The number of amides is 5. The summed E-state index contributed by atoms with van der Waals surface area (Å²) in [6, 6.07) is 7.80. The van der Waals surface area contributed by atoms with Crippen molar-refractivity contribution in [3.63, 3.8) is 0 Å². The van der Waals surface area contributed by atoms with Crippen LogP contribution in [-0.2, 0) is 40.4 Å². The maximum absolute atomic E-state index is 13.1. The quantitative estimate of drug-likeness (QED) is 0.198. The van der Waals surface area contributed by atoms with E-state index in [1.807, 2.05) is 0 Å². The molecule has 1 fully saturated rings. The third kappa shape index (κ3) is 6.42. The second kappa shape index (κ2) is 12.0. The van der Waals surface area contributed by atoms with E-state index in [-0.39, 0.29) is 67.4 Å². The molecule has 0 aromatic heterocycles. The van der Waals surface area contributed by atoms with Crippen LogP contribution >= 0.6 is 0 Å². The zero-order valence-corrected chi connectivity index (χ0v) is 22.3. The van der Waals surface area contributed by atoms with Gasteiger partial charge >= 0.3 is 0 Å². The average Bonchev–Trinajstić information content (AvgIpc) is 3.13. The number of hydrogen-bond donors (Lipinski definition) is 3. The molecule has 1 unspecified atom stereocenters. The molecule has 3 N–H and O–H groups in total. The lowest BCUT2D eigenvalue weighted by atomic mass is 10.0. The Bertz CT molecular complexity index is 1490. The van der Waals surface area contributed by atoms with Gasteiger partial charge in [0.05, 0.1) is 41.5 Å². The fraction of sp³-hybridized carbons (Fsp3) is 0.346. The maximum atomic E-state index is 13.1. The molecule has 4 rings (SSSR count). The average molecular weight is 574 g/mol. The topological polar surface area (TPSA) is 185 Å². The zero-order valence-electron chi connectivity index (χ0n) is 21.5. The number of nitrogens with one attached hydrogen (secondary N) is 2. The molecule has 2 heterocycles. The van der Waals surface area contributed by atoms with Crippen LogP contribution in [0.15, 0.2) is 41.3 Å². The first-order valence-electron chi connectivity index (χ1n) is 12.3. The number of nitrogens with zero attached hydrogens (tertiary/aromatic N) is 1. The highest BCUT2D eigenvalue weighted by molar-refractivity contribution is 7.85. The fourth-order valence-corrected chi connectivity index (χ4v) is 5.26. The van der Waals surface area contributed by atoms with Gasteiger partial charge in [-0.15, -0.1) is 0 Å². The number of aryl methyl sites for hydroxylation is 1. The van der Waals surface area contributed by atoms with Gasteiger partial charge in [0.15, 0.2) is 0 Å². The molecule has 1 atom stereocenters. The van der Waals surface area contributed by atoms with Crippen molar-refractivity contribution in [2.45, 2.75) is 37.1 Å².